The first kappa shape index (κ1) is 15.8. The Morgan fingerprint density at radius 3 is 2.46 bits per heavy atom. The summed E-state index contributed by atoms with van der Waals surface area (Å²) < 4.78 is 13.5. The molecule has 0 aliphatic carbocycles. The minimum Gasteiger partial charge on any atom is -0.322 e. The van der Waals surface area contributed by atoms with Gasteiger partial charge >= 0.3 is 0 Å². The zero-order valence-electron chi connectivity index (χ0n) is 12.2. The summed E-state index contributed by atoms with van der Waals surface area (Å²) >= 11 is 1.32. The average molecular weight is 342 g/mol. The first-order chi connectivity index (χ1) is 11.6. The van der Waals surface area contributed by atoms with Gasteiger partial charge in [-0.15, -0.1) is 11.3 Å². The van der Waals surface area contributed by atoms with E-state index in [1.165, 1.54) is 23.6 Å². The predicted octanol–water partition coefficient (Wildman–Crippen LogP) is 3.18. The summed E-state index contributed by atoms with van der Waals surface area (Å²) in [6, 6.07) is 7.53. The van der Waals surface area contributed by atoms with Crippen molar-refractivity contribution in [3.63, 3.8) is 0 Å². The van der Waals surface area contributed by atoms with Crippen molar-refractivity contribution in [3.8, 4) is 0 Å². The van der Waals surface area contributed by atoms with Gasteiger partial charge in [0.25, 0.3) is 11.8 Å². The molecule has 2 amide bonds. The number of hydrogen-bond acceptors (Lipinski definition) is 5. The summed E-state index contributed by atoms with van der Waals surface area (Å²) in [6.45, 7) is 0. The highest BCUT2D eigenvalue weighted by molar-refractivity contribution is 7.13. The van der Waals surface area contributed by atoms with Crippen molar-refractivity contribution in [3.05, 3.63) is 71.2 Å². The Labute approximate surface area is 140 Å². The van der Waals surface area contributed by atoms with Crippen LogP contribution in [0.15, 0.2) is 54.3 Å². The molecule has 8 heteroatoms. The second-order valence-corrected chi connectivity index (χ2v) is 5.57. The van der Waals surface area contributed by atoms with E-state index in [2.05, 4.69) is 20.6 Å². The second-order valence-electron chi connectivity index (χ2n) is 4.68. The van der Waals surface area contributed by atoms with Crippen LogP contribution in [0.4, 0.5) is 15.2 Å². The standard InChI is InChI=1S/C16H11FN4O2S/c17-13-9-18-6-5-12(13)15(23)20-11-3-1-10(2-4-11)14(22)21-16-19-7-8-24-16/h1-9H,(H,20,23)(H,19,21,22). The van der Waals surface area contributed by atoms with Crippen LogP contribution in [0.1, 0.15) is 20.7 Å². The zero-order chi connectivity index (χ0) is 16.9. The van der Waals surface area contributed by atoms with Crippen LogP contribution in [0.2, 0.25) is 0 Å². The van der Waals surface area contributed by atoms with Crippen LogP contribution in [0.3, 0.4) is 0 Å². The van der Waals surface area contributed by atoms with Crippen LogP contribution in [0.25, 0.3) is 0 Å². The zero-order valence-corrected chi connectivity index (χ0v) is 13.0. The van der Waals surface area contributed by atoms with Crippen molar-refractivity contribution in [1.82, 2.24) is 9.97 Å². The van der Waals surface area contributed by atoms with Gasteiger partial charge < -0.3 is 5.32 Å². The highest BCUT2D eigenvalue weighted by atomic mass is 32.1. The largest absolute Gasteiger partial charge is 0.322 e. The van der Waals surface area contributed by atoms with Gasteiger partial charge in [0.05, 0.1) is 11.8 Å². The average Bonchev–Trinajstić information content (AvgIpc) is 3.08. The topological polar surface area (TPSA) is 84.0 Å². The highest BCUT2D eigenvalue weighted by Gasteiger charge is 2.12. The molecule has 1 aromatic carbocycles. The summed E-state index contributed by atoms with van der Waals surface area (Å²) in [7, 11) is 0. The predicted molar refractivity (Wildman–Crippen MR) is 88.7 cm³/mol. The van der Waals surface area contributed by atoms with Gasteiger partial charge in [0, 0.05) is 29.0 Å². The number of thiazole rings is 1. The molecule has 0 unspecified atom stereocenters. The lowest BCUT2D eigenvalue weighted by Gasteiger charge is -2.07. The summed E-state index contributed by atoms with van der Waals surface area (Å²) in [5, 5.41) is 7.48. The number of benzene rings is 1. The molecule has 3 aromatic rings. The van der Waals surface area contributed by atoms with E-state index in [9.17, 15) is 14.0 Å². The number of carbonyl (C=O) groups excluding carboxylic acids is 2. The van der Waals surface area contributed by atoms with Gasteiger partial charge in [0.2, 0.25) is 0 Å². The fraction of sp³-hybridized carbons (Fsp3) is 0. The molecule has 24 heavy (non-hydrogen) atoms. The monoisotopic (exact) mass is 342 g/mol. The fourth-order valence-electron chi connectivity index (χ4n) is 1.92. The van der Waals surface area contributed by atoms with Gasteiger partial charge in [-0.25, -0.2) is 9.37 Å². The third-order valence-electron chi connectivity index (χ3n) is 3.07. The maximum Gasteiger partial charge on any atom is 0.258 e. The first-order valence-electron chi connectivity index (χ1n) is 6.85. The Morgan fingerprint density at radius 1 is 1.00 bits per heavy atom. The van der Waals surface area contributed by atoms with E-state index in [1.54, 1.807) is 35.8 Å². The van der Waals surface area contributed by atoms with Crippen molar-refractivity contribution < 1.29 is 14.0 Å². The van der Waals surface area contributed by atoms with Gasteiger partial charge in [0.15, 0.2) is 10.9 Å². The molecule has 0 saturated heterocycles. The number of pyridine rings is 1. The van der Waals surface area contributed by atoms with E-state index in [1.807, 2.05) is 0 Å². The number of aromatic nitrogens is 2. The fourth-order valence-corrected chi connectivity index (χ4v) is 2.44. The lowest BCUT2D eigenvalue weighted by Crippen LogP contribution is -2.15. The smallest absolute Gasteiger partial charge is 0.258 e. The molecule has 0 fully saturated rings. The van der Waals surface area contributed by atoms with Gasteiger partial charge in [-0.3, -0.25) is 19.9 Å². The highest BCUT2D eigenvalue weighted by Crippen LogP contribution is 2.15. The minimum atomic E-state index is -0.700. The molecule has 0 aliphatic heterocycles. The van der Waals surface area contributed by atoms with Gasteiger partial charge in [-0.1, -0.05) is 0 Å². The van der Waals surface area contributed by atoms with Gasteiger partial charge in [-0.05, 0) is 30.3 Å². The maximum atomic E-state index is 13.5. The number of halogens is 1. The number of carbonyl (C=O) groups is 2. The molecule has 0 spiro atoms. The van der Waals surface area contributed by atoms with Gasteiger partial charge in [0.1, 0.15) is 0 Å². The molecule has 3 rings (SSSR count). The van der Waals surface area contributed by atoms with Crippen LogP contribution in [0, 0.1) is 5.82 Å². The lowest BCUT2D eigenvalue weighted by atomic mass is 10.2. The normalized spacial score (nSPS) is 10.2. The molecule has 6 nitrogen and oxygen atoms in total. The molecule has 120 valence electrons. The molecule has 0 aliphatic rings. The number of nitrogens with zero attached hydrogens (tertiary/aromatic N) is 2. The molecule has 2 N–H and O–H groups in total. The van der Waals surface area contributed by atoms with Crippen molar-refractivity contribution >= 4 is 34.0 Å². The number of anilines is 2. The minimum absolute atomic E-state index is 0.101. The van der Waals surface area contributed by atoms with Crippen molar-refractivity contribution in [2.45, 2.75) is 0 Å². The quantitative estimate of drug-likeness (QED) is 0.763. The van der Waals surface area contributed by atoms with E-state index in [0.717, 1.165) is 6.20 Å². The summed E-state index contributed by atoms with van der Waals surface area (Å²) in [6.07, 6.45) is 3.90. The number of nitrogens with one attached hydrogen (secondary N) is 2. The Morgan fingerprint density at radius 2 is 1.79 bits per heavy atom. The second kappa shape index (κ2) is 6.97. The lowest BCUT2D eigenvalue weighted by molar-refractivity contribution is 0.101. The molecule has 0 bridgehead atoms. The van der Waals surface area contributed by atoms with Gasteiger partial charge in [-0.2, -0.15) is 0 Å². The van der Waals surface area contributed by atoms with Crippen LogP contribution >= 0.6 is 11.3 Å². The molecular weight excluding hydrogens is 331 g/mol. The molecule has 0 atom stereocenters. The SMILES string of the molecule is O=C(Nc1nccs1)c1ccc(NC(=O)c2ccncc2F)cc1. The van der Waals surface area contributed by atoms with Crippen molar-refractivity contribution in [2.24, 2.45) is 0 Å². The number of amides is 2. The van der Waals surface area contributed by atoms with E-state index >= 15 is 0 Å². The third kappa shape index (κ3) is 3.61. The molecular formula is C16H11FN4O2S. The Hall–Kier alpha value is -3.13. The maximum absolute atomic E-state index is 13.5. The molecule has 2 aromatic heterocycles. The third-order valence-corrected chi connectivity index (χ3v) is 3.76. The summed E-state index contributed by atoms with van der Waals surface area (Å²) in [4.78, 5) is 31.6. The van der Waals surface area contributed by atoms with E-state index < -0.39 is 11.7 Å². The van der Waals surface area contributed by atoms with Crippen LogP contribution < -0.4 is 10.6 Å². The van der Waals surface area contributed by atoms with E-state index in [-0.39, 0.29) is 11.5 Å². The van der Waals surface area contributed by atoms with Crippen molar-refractivity contribution in [1.29, 1.82) is 0 Å². The Bertz CT molecular complexity index is 866. The first-order valence-corrected chi connectivity index (χ1v) is 7.73. The molecule has 0 radical (unpaired) electrons. The van der Waals surface area contributed by atoms with Crippen LogP contribution in [-0.2, 0) is 0 Å². The Kier molecular flexibility index (Phi) is 4.57. The van der Waals surface area contributed by atoms with Crippen LogP contribution in [0.5, 0.6) is 0 Å². The number of hydrogen-bond donors (Lipinski definition) is 2. The Balaban J connectivity index is 1.67. The molecule has 0 saturated carbocycles. The van der Waals surface area contributed by atoms with E-state index in [0.29, 0.717) is 16.4 Å². The van der Waals surface area contributed by atoms with E-state index in [4.69, 9.17) is 0 Å². The van der Waals surface area contributed by atoms with Crippen LogP contribution in [-0.4, -0.2) is 21.8 Å². The van der Waals surface area contributed by atoms with Crippen molar-refractivity contribution in [2.75, 3.05) is 10.6 Å². The summed E-state index contributed by atoms with van der Waals surface area (Å²) in [5.74, 6) is -1.59. The summed E-state index contributed by atoms with van der Waals surface area (Å²) in [5.41, 5.74) is 0.760. The molecule has 2 heterocycles. The number of rotatable bonds is 4.